The Balaban J connectivity index is 1.90. The van der Waals surface area contributed by atoms with Crippen molar-refractivity contribution in [3.05, 3.63) is 48.7 Å². The fourth-order valence-corrected chi connectivity index (χ4v) is 2.49. The highest BCUT2D eigenvalue weighted by Crippen LogP contribution is 2.29. The first-order valence-electron chi connectivity index (χ1n) is 7.38. The minimum absolute atomic E-state index is 0.392. The second-order valence-electron chi connectivity index (χ2n) is 5.18. The SMILES string of the molecule is Cc1nccc(-c2c(Nc3ccnn3C(N)=O)nc3cccnn23)n1. The number of rotatable bonds is 3. The van der Waals surface area contributed by atoms with Gasteiger partial charge in [0.05, 0.1) is 11.9 Å². The summed E-state index contributed by atoms with van der Waals surface area (Å²) in [5, 5.41) is 11.3. The van der Waals surface area contributed by atoms with Crippen molar-refractivity contribution < 1.29 is 4.79 Å². The Labute approximate surface area is 141 Å². The predicted octanol–water partition coefficient (Wildman–Crippen LogP) is 1.36. The lowest BCUT2D eigenvalue weighted by molar-refractivity contribution is 0.248. The molecule has 0 fully saturated rings. The van der Waals surface area contributed by atoms with Crippen LogP contribution in [0.25, 0.3) is 17.0 Å². The molecule has 4 aromatic heterocycles. The molecule has 25 heavy (non-hydrogen) atoms. The van der Waals surface area contributed by atoms with E-state index in [1.807, 2.05) is 6.07 Å². The van der Waals surface area contributed by atoms with Gasteiger partial charge in [-0.1, -0.05) is 0 Å². The molecule has 0 aliphatic heterocycles. The van der Waals surface area contributed by atoms with E-state index in [4.69, 9.17) is 5.73 Å². The Hall–Kier alpha value is -3.82. The van der Waals surface area contributed by atoms with E-state index < -0.39 is 6.03 Å². The van der Waals surface area contributed by atoms with Crippen molar-refractivity contribution in [2.24, 2.45) is 5.73 Å². The third kappa shape index (κ3) is 2.55. The molecule has 4 rings (SSSR count). The topological polar surface area (TPSA) is 129 Å². The van der Waals surface area contributed by atoms with Crippen LogP contribution in [0.15, 0.2) is 42.9 Å². The van der Waals surface area contributed by atoms with E-state index >= 15 is 0 Å². The number of carbonyl (C=O) groups excluding carboxylic acids is 1. The number of amides is 1. The summed E-state index contributed by atoms with van der Waals surface area (Å²) < 4.78 is 2.71. The Kier molecular flexibility index (Phi) is 3.35. The first-order valence-corrected chi connectivity index (χ1v) is 7.38. The largest absolute Gasteiger partial charge is 0.350 e. The van der Waals surface area contributed by atoms with E-state index in [1.54, 1.807) is 42.0 Å². The number of nitrogens with zero attached hydrogens (tertiary/aromatic N) is 7. The van der Waals surface area contributed by atoms with Crippen LogP contribution in [0.3, 0.4) is 0 Å². The van der Waals surface area contributed by atoms with Crippen LogP contribution in [0, 0.1) is 6.92 Å². The molecule has 0 aliphatic rings. The van der Waals surface area contributed by atoms with E-state index in [2.05, 4.69) is 30.5 Å². The Morgan fingerprint density at radius 1 is 1.12 bits per heavy atom. The van der Waals surface area contributed by atoms with Crippen LogP contribution in [-0.4, -0.2) is 40.4 Å². The molecule has 0 atom stereocenters. The van der Waals surface area contributed by atoms with Crippen molar-refractivity contribution in [2.75, 3.05) is 5.32 Å². The van der Waals surface area contributed by atoms with Crippen molar-refractivity contribution in [3.8, 4) is 11.4 Å². The molecule has 0 saturated carbocycles. The maximum absolute atomic E-state index is 11.5. The molecule has 3 N–H and O–H groups in total. The molecule has 0 spiro atoms. The number of hydrogen-bond acceptors (Lipinski definition) is 7. The Bertz CT molecular complexity index is 1080. The van der Waals surface area contributed by atoms with Gasteiger partial charge in [-0.15, -0.1) is 0 Å². The summed E-state index contributed by atoms with van der Waals surface area (Å²) in [6, 6.07) is 6.29. The van der Waals surface area contributed by atoms with E-state index in [9.17, 15) is 4.79 Å². The number of primary amides is 1. The minimum atomic E-state index is -0.700. The summed E-state index contributed by atoms with van der Waals surface area (Å²) in [6.07, 6.45) is 4.79. The van der Waals surface area contributed by atoms with Crippen LogP contribution in [0.1, 0.15) is 5.82 Å². The van der Waals surface area contributed by atoms with Crippen molar-refractivity contribution in [1.82, 2.24) is 34.3 Å². The van der Waals surface area contributed by atoms with Gasteiger partial charge in [0.2, 0.25) is 0 Å². The molecule has 0 saturated heterocycles. The van der Waals surface area contributed by atoms with Crippen LogP contribution >= 0.6 is 0 Å². The van der Waals surface area contributed by atoms with Crippen molar-refractivity contribution >= 4 is 23.3 Å². The third-order valence-corrected chi connectivity index (χ3v) is 3.51. The number of hydrogen-bond donors (Lipinski definition) is 2. The van der Waals surface area contributed by atoms with Gasteiger partial charge in [0.25, 0.3) is 0 Å². The molecular formula is C15H13N9O. The summed E-state index contributed by atoms with van der Waals surface area (Å²) in [5.74, 6) is 1.49. The van der Waals surface area contributed by atoms with Crippen LogP contribution in [0.2, 0.25) is 0 Å². The Morgan fingerprint density at radius 3 is 2.80 bits per heavy atom. The zero-order valence-corrected chi connectivity index (χ0v) is 13.2. The summed E-state index contributed by atoms with van der Waals surface area (Å²) in [4.78, 5) is 24.6. The first-order chi connectivity index (χ1) is 12.1. The van der Waals surface area contributed by atoms with Gasteiger partial charge in [-0.25, -0.2) is 24.3 Å². The molecule has 124 valence electrons. The summed E-state index contributed by atoms with van der Waals surface area (Å²) in [6.45, 7) is 1.80. The second-order valence-corrected chi connectivity index (χ2v) is 5.18. The van der Waals surface area contributed by atoms with Crippen LogP contribution in [0.5, 0.6) is 0 Å². The normalized spacial score (nSPS) is 10.9. The number of nitrogens with two attached hydrogens (primary N) is 1. The van der Waals surface area contributed by atoms with E-state index in [0.29, 0.717) is 34.5 Å². The lowest BCUT2D eigenvalue weighted by Gasteiger charge is -2.07. The molecule has 10 heteroatoms. The standard InChI is InChI=1S/C15H13N9O/c1-9-17-7-4-10(20-9)13-14(21-11-3-2-6-18-23(11)13)22-12-5-8-19-24(12)15(16)25/h2-8,22H,1H3,(H2,16,25). The van der Waals surface area contributed by atoms with Crippen molar-refractivity contribution in [3.63, 3.8) is 0 Å². The van der Waals surface area contributed by atoms with Gasteiger partial charge in [-0.2, -0.15) is 14.9 Å². The van der Waals surface area contributed by atoms with Gasteiger partial charge in [0.1, 0.15) is 17.3 Å². The molecule has 1 amide bonds. The molecule has 4 aromatic rings. The molecule has 0 radical (unpaired) electrons. The highest BCUT2D eigenvalue weighted by Gasteiger charge is 2.18. The smallest absolute Gasteiger partial charge is 0.341 e. The van der Waals surface area contributed by atoms with Gasteiger partial charge in [-0.05, 0) is 25.1 Å². The number of aromatic nitrogens is 7. The lowest BCUT2D eigenvalue weighted by atomic mass is 10.3. The molecule has 0 bridgehead atoms. The molecular weight excluding hydrogens is 322 g/mol. The zero-order chi connectivity index (χ0) is 17.4. The molecule has 4 heterocycles. The van der Waals surface area contributed by atoms with Crippen molar-refractivity contribution in [2.45, 2.75) is 6.92 Å². The Morgan fingerprint density at radius 2 is 2.00 bits per heavy atom. The molecule has 0 aromatic carbocycles. The summed E-state index contributed by atoms with van der Waals surface area (Å²) in [5.41, 5.74) is 7.23. The van der Waals surface area contributed by atoms with Crippen LogP contribution < -0.4 is 11.1 Å². The van der Waals surface area contributed by atoms with E-state index in [-0.39, 0.29) is 0 Å². The zero-order valence-electron chi connectivity index (χ0n) is 13.2. The van der Waals surface area contributed by atoms with Gasteiger partial charge in [0.15, 0.2) is 11.5 Å². The monoisotopic (exact) mass is 335 g/mol. The number of fused-ring (bicyclic) bond motifs is 1. The number of aryl methyl sites for hydroxylation is 1. The highest BCUT2D eigenvalue weighted by molar-refractivity contribution is 5.81. The third-order valence-electron chi connectivity index (χ3n) is 3.51. The van der Waals surface area contributed by atoms with Gasteiger partial charge in [-0.3, -0.25) is 0 Å². The maximum atomic E-state index is 11.5. The summed E-state index contributed by atoms with van der Waals surface area (Å²) >= 11 is 0. The highest BCUT2D eigenvalue weighted by atomic mass is 16.2. The van der Waals surface area contributed by atoms with E-state index in [0.717, 1.165) is 4.68 Å². The number of anilines is 2. The second kappa shape index (κ2) is 5.67. The number of nitrogens with one attached hydrogen (secondary N) is 1. The predicted molar refractivity (Wildman–Crippen MR) is 89.2 cm³/mol. The van der Waals surface area contributed by atoms with Crippen LogP contribution in [0.4, 0.5) is 16.4 Å². The number of carbonyl (C=O) groups is 1. The minimum Gasteiger partial charge on any atom is -0.350 e. The number of imidazole rings is 1. The molecule has 0 aliphatic carbocycles. The maximum Gasteiger partial charge on any atom is 0.341 e. The average molecular weight is 335 g/mol. The van der Waals surface area contributed by atoms with Gasteiger partial charge in [0, 0.05) is 18.5 Å². The molecule has 10 nitrogen and oxygen atoms in total. The van der Waals surface area contributed by atoms with Gasteiger partial charge < -0.3 is 11.1 Å². The molecule has 0 unspecified atom stereocenters. The fraction of sp³-hybridized carbons (Fsp3) is 0.0667. The fourth-order valence-electron chi connectivity index (χ4n) is 2.49. The first kappa shape index (κ1) is 14.8. The van der Waals surface area contributed by atoms with Gasteiger partial charge >= 0.3 is 6.03 Å². The van der Waals surface area contributed by atoms with Crippen molar-refractivity contribution in [1.29, 1.82) is 0 Å². The quantitative estimate of drug-likeness (QED) is 0.578. The van der Waals surface area contributed by atoms with Crippen LogP contribution in [-0.2, 0) is 0 Å². The van der Waals surface area contributed by atoms with E-state index in [1.165, 1.54) is 6.20 Å². The lowest BCUT2D eigenvalue weighted by Crippen LogP contribution is -2.22. The average Bonchev–Trinajstić information content (AvgIpc) is 3.19. The summed E-state index contributed by atoms with van der Waals surface area (Å²) in [7, 11) is 0.